The van der Waals surface area contributed by atoms with Gasteiger partial charge in [-0.3, -0.25) is 9.69 Å². The van der Waals surface area contributed by atoms with Gasteiger partial charge in [0.05, 0.1) is 14.2 Å². The van der Waals surface area contributed by atoms with E-state index in [0.717, 1.165) is 43.5 Å². The number of fused-ring (bicyclic) bond motifs is 1. The van der Waals surface area contributed by atoms with Crippen LogP contribution < -0.4 is 15.2 Å². The quantitative estimate of drug-likeness (QED) is 0.512. The zero-order valence-electron chi connectivity index (χ0n) is 19.4. The second kappa shape index (κ2) is 10.5. The predicted molar refractivity (Wildman–Crippen MR) is 130 cm³/mol. The molecule has 1 heterocycles. The zero-order valence-corrected chi connectivity index (χ0v) is 19.4. The van der Waals surface area contributed by atoms with Crippen LogP contribution in [0.25, 0.3) is 0 Å². The monoisotopic (exact) mass is 444 g/mol. The number of aryl methyl sites for hydroxylation is 1. The minimum Gasteiger partial charge on any atom is -0.493 e. The van der Waals surface area contributed by atoms with Crippen LogP contribution >= 0.6 is 0 Å². The topological polar surface area (TPSA) is 64.8 Å². The molecule has 0 aromatic heterocycles. The first-order valence-corrected chi connectivity index (χ1v) is 11.5. The van der Waals surface area contributed by atoms with Crippen LogP contribution in [0.5, 0.6) is 11.5 Å². The van der Waals surface area contributed by atoms with Gasteiger partial charge in [0.1, 0.15) is 6.04 Å². The van der Waals surface area contributed by atoms with Gasteiger partial charge < -0.3 is 15.2 Å². The SMILES string of the molecule is COc1cc2c(cc1OC)C(CCCc1ccccc1)N(C(C(N)=O)c1ccccc1)CC2. The van der Waals surface area contributed by atoms with Crippen molar-refractivity contribution in [3.05, 3.63) is 95.1 Å². The van der Waals surface area contributed by atoms with E-state index in [9.17, 15) is 4.79 Å². The Hall–Kier alpha value is -3.31. The Morgan fingerprint density at radius 3 is 2.27 bits per heavy atom. The maximum absolute atomic E-state index is 12.7. The molecule has 3 aromatic rings. The van der Waals surface area contributed by atoms with Gasteiger partial charge in [-0.05, 0) is 60.1 Å². The summed E-state index contributed by atoms with van der Waals surface area (Å²) in [6.07, 6.45) is 3.72. The number of primary amides is 1. The molecule has 5 heteroatoms. The molecule has 1 aliphatic heterocycles. The fourth-order valence-electron chi connectivity index (χ4n) is 4.98. The van der Waals surface area contributed by atoms with Gasteiger partial charge >= 0.3 is 0 Å². The lowest BCUT2D eigenvalue weighted by Gasteiger charge is -2.41. The first-order chi connectivity index (χ1) is 16.1. The van der Waals surface area contributed by atoms with Crippen LogP contribution in [-0.4, -0.2) is 31.6 Å². The van der Waals surface area contributed by atoms with Crippen molar-refractivity contribution in [1.82, 2.24) is 4.90 Å². The maximum Gasteiger partial charge on any atom is 0.239 e. The zero-order chi connectivity index (χ0) is 23.2. The Morgan fingerprint density at radius 1 is 1.00 bits per heavy atom. The van der Waals surface area contributed by atoms with Crippen molar-refractivity contribution in [1.29, 1.82) is 0 Å². The Labute approximate surface area is 196 Å². The number of amides is 1. The molecule has 0 radical (unpaired) electrons. The molecule has 0 saturated heterocycles. The molecule has 0 saturated carbocycles. The smallest absolute Gasteiger partial charge is 0.239 e. The molecule has 3 aromatic carbocycles. The fraction of sp³-hybridized carbons (Fsp3) is 0.321. The highest BCUT2D eigenvalue weighted by atomic mass is 16.5. The Kier molecular flexibility index (Phi) is 7.30. The van der Waals surface area contributed by atoms with E-state index < -0.39 is 6.04 Å². The molecular weight excluding hydrogens is 412 g/mol. The Bertz CT molecular complexity index is 1070. The summed E-state index contributed by atoms with van der Waals surface area (Å²) in [5, 5.41) is 0. The number of nitrogens with zero attached hydrogens (tertiary/aromatic N) is 1. The average molecular weight is 445 g/mol. The van der Waals surface area contributed by atoms with Gasteiger partial charge in [0.15, 0.2) is 11.5 Å². The number of methoxy groups -OCH3 is 2. The molecular formula is C28H32N2O3. The van der Waals surface area contributed by atoms with Gasteiger partial charge in [0, 0.05) is 12.6 Å². The van der Waals surface area contributed by atoms with E-state index in [1.165, 1.54) is 16.7 Å². The van der Waals surface area contributed by atoms with E-state index in [1.807, 2.05) is 36.4 Å². The summed E-state index contributed by atoms with van der Waals surface area (Å²) in [6, 6.07) is 24.1. The average Bonchev–Trinajstić information content (AvgIpc) is 2.85. The third-order valence-electron chi connectivity index (χ3n) is 6.55. The van der Waals surface area contributed by atoms with Gasteiger partial charge in [-0.2, -0.15) is 0 Å². The van der Waals surface area contributed by atoms with Crippen molar-refractivity contribution >= 4 is 5.91 Å². The Balaban J connectivity index is 1.70. The largest absolute Gasteiger partial charge is 0.493 e. The highest BCUT2D eigenvalue weighted by molar-refractivity contribution is 5.81. The minimum atomic E-state index is -0.478. The first-order valence-electron chi connectivity index (χ1n) is 11.5. The molecule has 2 N–H and O–H groups in total. The highest BCUT2D eigenvalue weighted by Gasteiger charge is 2.36. The summed E-state index contributed by atoms with van der Waals surface area (Å²) < 4.78 is 11.2. The van der Waals surface area contributed by atoms with Gasteiger partial charge in [0.25, 0.3) is 0 Å². The summed E-state index contributed by atoms with van der Waals surface area (Å²) in [4.78, 5) is 15.0. The van der Waals surface area contributed by atoms with Gasteiger partial charge in [0.2, 0.25) is 5.91 Å². The molecule has 0 fully saturated rings. The lowest BCUT2D eigenvalue weighted by Crippen LogP contribution is -2.43. The summed E-state index contributed by atoms with van der Waals surface area (Å²) in [5.41, 5.74) is 10.7. The van der Waals surface area contributed by atoms with E-state index >= 15 is 0 Å². The minimum absolute atomic E-state index is 0.0509. The number of carbonyl (C=O) groups is 1. The molecule has 1 aliphatic rings. The van der Waals surface area contributed by atoms with Crippen LogP contribution in [0.4, 0.5) is 0 Å². The maximum atomic E-state index is 12.7. The lowest BCUT2D eigenvalue weighted by atomic mass is 9.86. The van der Waals surface area contributed by atoms with Gasteiger partial charge in [-0.15, -0.1) is 0 Å². The fourth-order valence-corrected chi connectivity index (χ4v) is 4.98. The molecule has 0 aliphatic carbocycles. The number of benzene rings is 3. The lowest BCUT2D eigenvalue weighted by molar-refractivity contribution is -0.124. The molecule has 172 valence electrons. The van der Waals surface area contributed by atoms with Crippen molar-refractivity contribution in [3.63, 3.8) is 0 Å². The number of hydrogen-bond donors (Lipinski definition) is 1. The van der Waals surface area contributed by atoms with E-state index in [1.54, 1.807) is 14.2 Å². The van der Waals surface area contributed by atoms with Crippen molar-refractivity contribution in [3.8, 4) is 11.5 Å². The van der Waals surface area contributed by atoms with Crippen molar-refractivity contribution < 1.29 is 14.3 Å². The summed E-state index contributed by atoms with van der Waals surface area (Å²) in [5.74, 6) is 1.13. The highest BCUT2D eigenvalue weighted by Crippen LogP contribution is 2.43. The van der Waals surface area contributed by atoms with E-state index in [4.69, 9.17) is 15.2 Å². The van der Waals surface area contributed by atoms with Crippen LogP contribution in [0, 0.1) is 0 Å². The van der Waals surface area contributed by atoms with Gasteiger partial charge in [-0.25, -0.2) is 0 Å². The van der Waals surface area contributed by atoms with Crippen molar-refractivity contribution in [2.24, 2.45) is 5.73 Å². The van der Waals surface area contributed by atoms with Gasteiger partial charge in [-0.1, -0.05) is 60.7 Å². The van der Waals surface area contributed by atoms with Crippen molar-refractivity contribution in [2.75, 3.05) is 20.8 Å². The van der Waals surface area contributed by atoms with Crippen molar-refractivity contribution in [2.45, 2.75) is 37.8 Å². The molecule has 0 bridgehead atoms. The van der Waals surface area contributed by atoms with Crippen LogP contribution in [0.1, 0.15) is 47.2 Å². The molecule has 2 atom stereocenters. The van der Waals surface area contributed by atoms with E-state index in [2.05, 4.69) is 41.3 Å². The third-order valence-corrected chi connectivity index (χ3v) is 6.55. The second-order valence-electron chi connectivity index (χ2n) is 8.50. The molecule has 33 heavy (non-hydrogen) atoms. The van der Waals surface area contributed by atoms with Crippen LogP contribution in [0.15, 0.2) is 72.8 Å². The number of rotatable bonds is 9. The molecule has 1 amide bonds. The van der Waals surface area contributed by atoms with Crippen LogP contribution in [-0.2, 0) is 17.6 Å². The first kappa shape index (κ1) is 22.9. The summed E-state index contributed by atoms with van der Waals surface area (Å²) in [7, 11) is 3.32. The van der Waals surface area contributed by atoms with Crippen LogP contribution in [0.3, 0.4) is 0 Å². The van der Waals surface area contributed by atoms with Crippen LogP contribution in [0.2, 0.25) is 0 Å². The number of carbonyl (C=O) groups excluding carboxylic acids is 1. The molecule has 2 unspecified atom stereocenters. The molecule has 5 nitrogen and oxygen atoms in total. The van der Waals surface area contributed by atoms with E-state index in [-0.39, 0.29) is 11.9 Å². The summed E-state index contributed by atoms with van der Waals surface area (Å²) in [6.45, 7) is 0.751. The summed E-state index contributed by atoms with van der Waals surface area (Å²) >= 11 is 0. The predicted octanol–water partition coefficient (Wildman–Crippen LogP) is 4.85. The standard InChI is InChI=1S/C28H32N2O3/c1-32-25-18-22-16-17-30(27(28(29)31)21-13-7-4-8-14-21)24(23(22)19-26(25)33-2)15-9-12-20-10-5-3-6-11-20/h3-8,10-11,13-14,18-19,24,27H,9,12,15-17H2,1-2H3,(H2,29,31). The molecule has 0 spiro atoms. The third kappa shape index (κ3) is 5.04. The van der Waals surface area contributed by atoms with E-state index in [0.29, 0.717) is 5.75 Å². The molecule has 4 rings (SSSR count). The number of ether oxygens (including phenoxy) is 2. The Morgan fingerprint density at radius 2 is 1.64 bits per heavy atom. The normalized spacial score (nSPS) is 16.6. The number of hydrogen-bond acceptors (Lipinski definition) is 4. The number of nitrogens with two attached hydrogens (primary N) is 1. The second-order valence-corrected chi connectivity index (χ2v) is 8.50.